The highest BCUT2D eigenvalue weighted by Gasteiger charge is 2.54. The highest BCUT2D eigenvalue weighted by Crippen LogP contribution is 2.56. The van der Waals surface area contributed by atoms with Crippen molar-refractivity contribution in [1.82, 2.24) is 9.97 Å². The SMILES string of the molecule is O=C(Nc1ccccc1)c1cnc2[nH]ccc2c1NC1C2CC3CC1CC(O)(C3)C2. The number of hydrogen-bond donors (Lipinski definition) is 4. The fourth-order valence-corrected chi connectivity index (χ4v) is 6.44. The molecule has 154 valence electrons. The van der Waals surface area contributed by atoms with Crippen molar-refractivity contribution in [3.05, 3.63) is 54.4 Å². The highest BCUT2D eigenvalue weighted by molar-refractivity contribution is 6.12. The summed E-state index contributed by atoms with van der Waals surface area (Å²) in [7, 11) is 0. The first-order valence-corrected chi connectivity index (χ1v) is 10.9. The molecule has 1 amide bonds. The van der Waals surface area contributed by atoms with Crippen molar-refractivity contribution in [2.75, 3.05) is 10.6 Å². The second kappa shape index (κ2) is 6.57. The molecule has 2 heterocycles. The third kappa shape index (κ3) is 2.89. The standard InChI is InChI=1S/C24H26N4O2/c29-23(27-17-4-2-1-3-5-17)19-13-26-22-18(6-7-25-22)21(19)28-20-15-8-14-9-16(20)12-24(30,10-14)11-15/h1-7,13-16,20,30H,8-12H2,(H,27,29)(H2,25,26,28). The number of hydrogen-bond acceptors (Lipinski definition) is 4. The quantitative estimate of drug-likeness (QED) is 0.527. The number of aromatic nitrogens is 2. The number of anilines is 2. The Balaban J connectivity index is 1.35. The van der Waals surface area contributed by atoms with Crippen molar-refractivity contribution in [2.45, 2.75) is 43.7 Å². The van der Waals surface area contributed by atoms with Crippen LogP contribution < -0.4 is 10.6 Å². The van der Waals surface area contributed by atoms with E-state index in [-0.39, 0.29) is 11.9 Å². The molecule has 4 aliphatic rings. The predicted molar refractivity (Wildman–Crippen MR) is 116 cm³/mol. The normalized spacial score (nSPS) is 31.8. The largest absolute Gasteiger partial charge is 0.390 e. The molecular formula is C24H26N4O2. The average Bonchev–Trinajstić information content (AvgIpc) is 3.19. The molecule has 0 saturated heterocycles. The lowest BCUT2D eigenvalue weighted by Gasteiger charge is -2.58. The molecule has 7 rings (SSSR count). The van der Waals surface area contributed by atoms with Gasteiger partial charge in [-0.1, -0.05) is 18.2 Å². The van der Waals surface area contributed by atoms with Crippen LogP contribution >= 0.6 is 0 Å². The zero-order valence-corrected chi connectivity index (χ0v) is 16.8. The van der Waals surface area contributed by atoms with Crippen LogP contribution in [0.4, 0.5) is 11.4 Å². The van der Waals surface area contributed by atoms with Gasteiger partial charge in [-0.05, 0) is 68.1 Å². The van der Waals surface area contributed by atoms with E-state index >= 15 is 0 Å². The van der Waals surface area contributed by atoms with Crippen molar-refractivity contribution >= 4 is 28.3 Å². The Morgan fingerprint density at radius 2 is 1.87 bits per heavy atom. The summed E-state index contributed by atoms with van der Waals surface area (Å²) in [5.41, 5.74) is 2.47. The summed E-state index contributed by atoms with van der Waals surface area (Å²) >= 11 is 0. The Hall–Kier alpha value is -2.86. The van der Waals surface area contributed by atoms with E-state index in [1.54, 1.807) is 6.20 Å². The highest BCUT2D eigenvalue weighted by atomic mass is 16.3. The molecule has 4 bridgehead atoms. The van der Waals surface area contributed by atoms with Gasteiger partial charge in [0.25, 0.3) is 5.91 Å². The third-order valence-electron chi connectivity index (χ3n) is 7.41. The van der Waals surface area contributed by atoms with Gasteiger partial charge in [0, 0.05) is 29.5 Å². The molecule has 4 aliphatic carbocycles. The van der Waals surface area contributed by atoms with E-state index in [0.717, 1.165) is 41.7 Å². The monoisotopic (exact) mass is 402 g/mol. The summed E-state index contributed by atoms with van der Waals surface area (Å²) in [5, 5.41) is 18.6. The zero-order valence-electron chi connectivity index (χ0n) is 16.8. The number of carbonyl (C=O) groups excluding carboxylic acids is 1. The van der Waals surface area contributed by atoms with Crippen molar-refractivity contribution in [2.24, 2.45) is 17.8 Å². The van der Waals surface area contributed by atoms with Crippen LogP contribution in [0.5, 0.6) is 0 Å². The van der Waals surface area contributed by atoms with Crippen LogP contribution in [0.2, 0.25) is 0 Å². The molecule has 2 aromatic heterocycles. The molecule has 30 heavy (non-hydrogen) atoms. The molecule has 4 fully saturated rings. The van der Waals surface area contributed by atoms with Gasteiger partial charge in [-0.15, -0.1) is 0 Å². The van der Waals surface area contributed by atoms with Gasteiger partial charge in [0.05, 0.1) is 16.9 Å². The number of H-pyrrole nitrogens is 1. The lowest BCUT2D eigenvalue weighted by molar-refractivity contribution is -0.129. The first kappa shape index (κ1) is 18.0. The Labute approximate surface area is 175 Å². The first-order chi connectivity index (χ1) is 14.6. The molecule has 2 atom stereocenters. The van der Waals surface area contributed by atoms with E-state index in [4.69, 9.17) is 0 Å². The summed E-state index contributed by atoms with van der Waals surface area (Å²) in [4.78, 5) is 20.8. The van der Waals surface area contributed by atoms with Gasteiger partial charge >= 0.3 is 0 Å². The number of aliphatic hydroxyl groups is 1. The fourth-order valence-electron chi connectivity index (χ4n) is 6.44. The second-order valence-corrected chi connectivity index (χ2v) is 9.47. The molecule has 6 nitrogen and oxygen atoms in total. The van der Waals surface area contributed by atoms with Gasteiger partial charge in [0.1, 0.15) is 5.65 Å². The van der Waals surface area contributed by atoms with Gasteiger partial charge in [-0.25, -0.2) is 4.98 Å². The van der Waals surface area contributed by atoms with Crippen LogP contribution in [0, 0.1) is 17.8 Å². The van der Waals surface area contributed by atoms with E-state index in [9.17, 15) is 9.90 Å². The van der Waals surface area contributed by atoms with Gasteiger partial charge < -0.3 is 20.7 Å². The van der Waals surface area contributed by atoms with Crippen LogP contribution in [0.15, 0.2) is 48.8 Å². The lowest BCUT2D eigenvalue weighted by Crippen LogP contribution is -2.59. The maximum absolute atomic E-state index is 13.2. The Bertz CT molecular complexity index is 1090. The number of benzene rings is 1. The van der Waals surface area contributed by atoms with Gasteiger partial charge in [-0.2, -0.15) is 0 Å². The second-order valence-electron chi connectivity index (χ2n) is 9.47. The minimum absolute atomic E-state index is 0.165. The number of rotatable bonds is 4. The van der Waals surface area contributed by atoms with Crippen LogP contribution in [-0.4, -0.2) is 32.6 Å². The summed E-state index contributed by atoms with van der Waals surface area (Å²) in [5.74, 6) is 1.39. The Morgan fingerprint density at radius 3 is 2.60 bits per heavy atom. The molecule has 0 spiro atoms. The molecule has 1 aromatic carbocycles. The summed E-state index contributed by atoms with van der Waals surface area (Å²) in [6.07, 6.45) is 8.56. The molecular weight excluding hydrogens is 376 g/mol. The Morgan fingerprint density at radius 1 is 1.10 bits per heavy atom. The number of nitrogens with one attached hydrogen (secondary N) is 3. The summed E-state index contributed by atoms with van der Waals surface area (Å²) < 4.78 is 0. The molecule has 2 unspecified atom stereocenters. The predicted octanol–water partition coefficient (Wildman–Crippen LogP) is 4.17. The molecule has 6 heteroatoms. The number of carbonyl (C=O) groups is 1. The van der Waals surface area contributed by atoms with E-state index in [0.29, 0.717) is 23.3 Å². The summed E-state index contributed by atoms with van der Waals surface area (Å²) in [6, 6.07) is 11.8. The molecule has 0 radical (unpaired) electrons. The van der Waals surface area contributed by atoms with E-state index in [1.807, 2.05) is 42.6 Å². The molecule has 4 saturated carbocycles. The zero-order chi connectivity index (χ0) is 20.3. The van der Waals surface area contributed by atoms with E-state index in [2.05, 4.69) is 20.6 Å². The Kier molecular flexibility index (Phi) is 3.93. The number of aromatic amines is 1. The minimum Gasteiger partial charge on any atom is -0.390 e. The van der Waals surface area contributed by atoms with Crippen molar-refractivity contribution < 1.29 is 9.90 Å². The minimum atomic E-state index is -0.468. The average molecular weight is 402 g/mol. The molecule has 0 aliphatic heterocycles. The van der Waals surface area contributed by atoms with Crippen LogP contribution in [-0.2, 0) is 0 Å². The van der Waals surface area contributed by atoms with Crippen molar-refractivity contribution in [1.29, 1.82) is 0 Å². The maximum Gasteiger partial charge on any atom is 0.259 e. The number of nitrogens with zero attached hydrogens (tertiary/aromatic N) is 1. The van der Waals surface area contributed by atoms with Gasteiger partial charge in [0.15, 0.2) is 0 Å². The maximum atomic E-state index is 13.2. The lowest BCUT2D eigenvalue weighted by atomic mass is 9.52. The molecule has 4 N–H and O–H groups in total. The van der Waals surface area contributed by atoms with Crippen LogP contribution in [0.25, 0.3) is 11.0 Å². The topological polar surface area (TPSA) is 90.0 Å². The van der Waals surface area contributed by atoms with Crippen molar-refractivity contribution in [3.63, 3.8) is 0 Å². The smallest absolute Gasteiger partial charge is 0.259 e. The van der Waals surface area contributed by atoms with Crippen LogP contribution in [0.1, 0.15) is 42.5 Å². The van der Waals surface area contributed by atoms with Crippen LogP contribution in [0.3, 0.4) is 0 Å². The number of pyridine rings is 1. The third-order valence-corrected chi connectivity index (χ3v) is 7.41. The first-order valence-electron chi connectivity index (χ1n) is 10.9. The van der Waals surface area contributed by atoms with E-state index in [1.165, 1.54) is 12.8 Å². The number of para-hydroxylation sites is 1. The van der Waals surface area contributed by atoms with Gasteiger partial charge in [0.2, 0.25) is 0 Å². The number of amides is 1. The summed E-state index contributed by atoms with van der Waals surface area (Å²) in [6.45, 7) is 0. The van der Waals surface area contributed by atoms with Crippen molar-refractivity contribution in [3.8, 4) is 0 Å². The number of fused-ring (bicyclic) bond motifs is 1. The van der Waals surface area contributed by atoms with Gasteiger partial charge in [-0.3, -0.25) is 4.79 Å². The van der Waals surface area contributed by atoms with E-state index < -0.39 is 5.60 Å². The fraction of sp³-hybridized carbons (Fsp3) is 0.417. The molecule has 3 aromatic rings.